The fourth-order valence-corrected chi connectivity index (χ4v) is 2.32. The van der Waals surface area contributed by atoms with E-state index in [1.807, 2.05) is 12.1 Å². The zero-order valence-corrected chi connectivity index (χ0v) is 9.60. The van der Waals surface area contributed by atoms with E-state index in [1.165, 1.54) is 6.07 Å². The number of alkyl halides is 1. The van der Waals surface area contributed by atoms with Crippen LogP contribution in [0.4, 0.5) is 10.1 Å². The van der Waals surface area contributed by atoms with E-state index in [4.69, 9.17) is 11.6 Å². The molecule has 0 aliphatic carbocycles. The quantitative estimate of drug-likeness (QED) is 0.699. The van der Waals surface area contributed by atoms with Gasteiger partial charge in [-0.2, -0.15) is 0 Å². The Hall–Kier alpha value is -0.760. The lowest BCUT2D eigenvalue weighted by Crippen LogP contribution is -2.27. The summed E-state index contributed by atoms with van der Waals surface area (Å²) in [6.45, 7) is 3.10. The van der Waals surface area contributed by atoms with Gasteiger partial charge in [0, 0.05) is 18.5 Å². The van der Waals surface area contributed by atoms with Crippen LogP contribution in [-0.2, 0) is 5.88 Å². The zero-order chi connectivity index (χ0) is 10.8. The number of nitrogens with zero attached hydrogens (tertiary/aromatic N) is 1. The van der Waals surface area contributed by atoms with Crippen molar-refractivity contribution in [3.05, 3.63) is 29.6 Å². The van der Waals surface area contributed by atoms with Gasteiger partial charge in [0.25, 0.3) is 0 Å². The second-order valence-electron chi connectivity index (χ2n) is 4.10. The standard InChI is InChI=1S/C12H15ClFN/c1-9-3-2-6-15(9)12-5-4-10(8-13)7-11(12)14/h4-5,7,9H,2-3,6,8H2,1H3. The minimum Gasteiger partial charge on any atom is -0.366 e. The van der Waals surface area contributed by atoms with Crippen LogP contribution in [0.25, 0.3) is 0 Å². The van der Waals surface area contributed by atoms with E-state index in [-0.39, 0.29) is 5.82 Å². The Labute approximate surface area is 94.8 Å². The third-order valence-corrected chi connectivity index (χ3v) is 3.34. The minimum absolute atomic E-state index is 0.151. The minimum atomic E-state index is -0.151. The molecule has 0 bridgehead atoms. The summed E-state index contributed by atoms with van der Waals surface area (Å²) in [5, 5.41) is 0. The number of rotatable bonds is 2. The van der Waals surface area contributed by atoms with Crippen LogP contribution >= 0.6 is 11.6 Å². The van der Waals surface area contributed by atoms with Crippen molar-refractivity contribution in [2.75, 3.05) is 11.4 Å². The molecule has 0 aromatic heterocycles. The molecule has 0 N–H and O–H groups in total. The van der Waals surface area contributed by atoms with Crippen molar-refractivity contribution >= 4 is 17.3 Å². The lowest BCUT2D eigenvalue weighted by atomic mass is 10.2. The van der Waals surface area contributed by atoms with Gasteiger partial charge in [0.2, 0.25) is 0 Å². The van der Waals surface area contributed by atoms with Crippen molar-refractivity contribution in [1.29, 1.82) is 0 Å². The van der Waals surface area contributed by atoms with Crippen molar-refractivity contribution in [2.45, 2.75) is 31.7 Å². The van der Waals surface area contributed by atoms with Crippen LogP contribution < -0.4 is 4.90 Å². The highest BCUT2D eigenvalue weighted by molar-refractivity contribution is 6.17. The lowest BCUT2D eigenvalue weighted by Gasteiger charge is -2.24. The molecule has 0 saturated carbocycles. The van der Waals surface area contributed by atoms with Crippen molar-refractivity contribution in [3.63, 3.8) is 0 Å². The van der Waals surface area contributed by atoms with Crippen LogP contribution in [0.2, 0.25) is 0 Å². The van der Waals surface area contributed by atoms with Crippen molar-refractivity contribution < 1.29 is 4.39 Å². The molecule has 0 amide bonds. The average Bonchev–Trinajstić information content (AvgIpc) is 2.64. The molecule has 15 heavy (non-hydrogen) atoms. The van der Waals surface area contributed by atoms with E-state index in [0.717, 1.165) is 24.9 Å². The summed E-state index contributed by atoms with van der Waals surface area (Å²) in [4.78, 5) is 2.13. The molecule has 1 aromatic carbocycles. The van der Waals surface area contributed by atoms with Crippen molar-refractivity contribution in [2.24, 2.45) is 0 Å². The summed E-state index contributed by atoms with van der Waals surface area (Å²) in [7, 11) is 0. The molecule has 1 unspecified atom stereocenters. The first-order valence-electron chi connectivity index (χ1n) is 5.33. The zero-order valence-electron chi connectivity index (χ0n) is 8.84. The summed E-state index contributed by atoms with van der Waals surface area (Å²) >= 11 is 5.66. The normalized spacial score (nSPS) is 21.0. The van der Waals surface area contributed by atoms with Gasteiger partial charge in [-0.1, -0.05) is 6.07 Å². The molecule has 1 saturated heterocycles. The monoisotopic (exact) mass is 227 g/mol. The topological polar surface area (TPSA) is 3.24 Å². The van der Waals surface area contributed by atoms with Gasteiger partial charge >= 0.3 is 0 Å². The van der Waals surface area contributed by atoms with Crippen LogP contribution in [0.3, 0.4) is 0 Å². The molecule has 1 atom stereocenters. The van der Waals surface area contributed by atoms with Gasteiger partial charge in [-0.25, -0.2) is 4.39 Å². The molecule has 3 heteroatoms. The summed E-state index contributed by atoms with van der Waals surface area (Å²) in [6, 6.07) is 5.72. The molecular formula is C12H15ClFN. The molecule has 1 aliphatic rings. The Bertz CT molecular complexity index is 353. The predicted molar refractivity (Wildman–Crippen MR) is 62.0 cm³/mol. The van der Waals surface area contributed by atoms with Gasteiger partial charge in [-0.05, 0) is 37.5 Å². The largest absolute Gasteiger partial charge is 0.366 e. The third kappa shape index (κ3) is 2.10. The lowest BCUT2D eigenvalue weighted by molar-refractivity contribution is 0.612. The Morgan fingerprint density at radius 1 is 1.53 bits per heavy atom. The van der Waals surface area contributed by atoms with E-state index in [2.05, 4.69) is 11.8 Å². The maximum absolute atomic E-state index is 13.8. The smallest absolute Gasteiger partial charge is 0.146 e. The molecule has 1 nitrogen and oxygen atoms in total. The van der Waals surface area contributed by atoms with Gasteiger partial charge in [-0.3, -0.25) is 0 Å². The van der Waals surface area contributed by atoms with E-state index in [1.54, 1.807) is 0 Å². The van der Waals surface area contributed by atoms with Gasteiger partial charge in [0.05, 0.1) is 5.69 Å². The number of anilines is 1. The van der Waals surface area contributed by atoms with Crippen LogP contribution in [-0.4, -0.2) is 12.6 Å². The van der Waals surface area contributed by atoms with Crippen LogP contribution in [0.1, 0.15) is 25.3 Å². The SMILES string of the molecule is CC1CCCN1c1ccc(CCl)cc1F. The molecule has 1 aliphatic heterocycles. The maximum atomic E-state index is 13.8. The Morgan fingerprint density at radius 3 is 2.87 bits per heavy atom. The molecule has 0 radical (unpaired) electrons. The molecule has 0 spiro atoms. The Balaban J connectivity index is 2.28. The van der Waals surface area contributed by atoms with Gasteiger partial charge in [0.15, 0.2) is 0 Å². The van der Waals surface area contributed by atoms with Crippen molar-refractivity contribution in [1.82, 2.24) is 0 Å². The van der Waals surface area contributed by atoms with Crippen LogP contribution in [0.5, 0.6) is 0 Å². The first-order chi connectivity index (χ1) is 7.22. The number of halogens is 2. The Morgan fingerprint density at radius 2 is 2.33 bits per heavy atom. The first kappa shape index (κ1) is 10.7. The van der Waals surface area contributed by atoms with Gasteiger partial charge in [0.1, 0.15) is 5.82 Å². The highest BCUT2D eigenvalue weighted by atomic mass is 35.5. The van der Waals surface area contributed by atoms with Gasteiger partial charge in [-0.15, -0.1) is 11.6 Å². The molecule has 1 heterocycles. The van der Waals surface area contributed by atoms with Crippen LogP contribution in [0, 0.1) is 5.82 Å². The highest BCUT2D eigenvalue weighted by Gasteiger charge is 2.22. The molecule has 82 valence electrons. The first-order valence-corrected chi connectivity index (χ1v) is 5.87. The van der Waals surface area contributed by atoms with Crippen molar-refractivity contribution in [3.8, 4) is 0 Å². The summed E-state index contributed by atoms with van der Waals surface area (Å²) in [5.41, 5.74) is 1.55. The Kier molecular flexibility index (Phi) is 3.15. The molecule has 2 rings (SSSR count). The van der Waals surface area contributed by atoms with E-state index in [9.17, 15) is 4.39 Å². The third-order valence-electron chi connectivity index (χ3n) is 3.03. The predicted octanol–water partition coefficient (Wildman–Crippen LogP) is 3.55. The summed E-state index contributed by atoms with van der Waals surface area (Å²) in [6.07, 6.45) is 2.30. The van der Waals surface area contributed by atoms with Gasteiger partial charge < -0.3 is 4.90 Å². The van der Waals surface area contributed by atoms with Crippen LogP contribution in [0.15, 0.2) is 18.2 Å². The molecule has 1 aromatic rings. The second-order valence-corrected chi connectivity index (χ2v) is 4.37. The molecule has 1 fully saturated rings. The summed E-state index contributed by atoms with van der Waals surface area (Å²) < 4.78 is 13.8. The fourth-order valence-electron chi connectivity index (χ4n) is 2.16. The van der Waals surface area contributed by atoms with E-state index in [0.29, 0.717) is 17.6 Å². The highest BCUT2D eigenvalue weighted by Crippen LogP contribution is 2.28. The number of benzene rings is 1. The fraction of sp³-hybridized carbons (Fsp3) is 0.500. The van der Waals surface area contributed by atoms with E-state index >= 15 is 0 Å². The number of hydrogen-bond acceptors (Lipinski definition) is 1. The summed E-state index contributed by atoms with van der Waals surface area (Å²) in [5.74, 6) is 0.217. The van der Waals surface area contributed by atoms with E-state index < -0.39 is 0 Å². The second kappa shape index (κ2) is 4.40. The maximum Gasteiger partial charge on any atom is 0.146 e. The number of hydrogen-bond donors (Lipinski definition) is 0. The molecular weight excluding hydrogens is 213 g/mol. The average molecular weight is 228 g/mol.